The molecule has 3 aromatic rings. The molecule has 1 atom stereocenters. The molecular weight excluding hydrogens is 404 g/mol. The maximum Gasteiger partial charge on any atom is 0.233 e. The van der Waals surface area contributed by atoms with Crippen molar-refractivity contribution in [3.63, 3.8) is 0 Å². The van der Waals surface area contributed by atoms with E-state index in [1.807, 2.05) is 4.90 Å². The normalized spacial score (nSPS) is 16.5. The first-order valence-corrected chi connectivity index (χ1v) is 12.1. The molecule has 2 heterocycles. The fourth-order valence-corrected chi connectivity index (χ4v) is 5.14. The van der Waals surface area contributed by atoms with Crippen molar-refractivity contribution < 1.29 is 9.53 Å². The maximum absolute atomic E-state index is 13.5. The summed E-state index contributed by atoms with van der Waals surface area (Å²) >= 11 is 1.60. The fourth-order valence-electron chi connectivity index (χ4n) is 4.11. The first kappa shape index (κ1) is 22.0. The highest BCUT2D eigenvalue weighted by Gasteiger charge is 2.26. The smallest absolute Gasteiger partial charge is 0.233 e. The zero-order valence-electron chi connectivity index (χ0n) is 18.9. The van der Waals surface area contributed by atoms with Crippen LogP contribution < -0.4 is 4.90 Å². The number of ether oxygens (including phenoxy) is 1. The number of hydrogen-bond acceptors (Lipinski definition) is 4. The van der Waals surface area contributed by atoms with Crippen LogP contribution >= 0.6 is 11.3 Å². The standard InChI is InChI=1S/C26H32N2O2S/c1-17(2)20-12-10-19(11-13-20)15-24(29)28(16-21-7-6-14-30-21)26-27-25-22(18(3)4)8-5-9-23(25)31-26/h5,8-13,17-18,21H,6-7,14-16H2,1-4H3. The lowest BCUT2D eigenvalue weighted by molar-refractivity contribution is -0.118. The van der Waals surface area contributed by atoms with E-state index in [0.29, 0.717) is 24.8 Å². The summed E-state index contributed by atoms with van der Waals surface area (Å²) in [4.78, 5) is 20.3. The number of para-hydroxylation sites is 1. The summed E-state index contributed by atoms with van der Waals surface area (Å²) in [5, 5.41) is 0.780. The Bertz CT molecular complexity index is 1030. The van der Waals surface area contributed by atoms with Crippen molar-refractivity contribution >= 4 is 32.6 Å². The molecule has 1 aromatic heterocycles. The van der Waals surface area contributed by atoms with Gasteiger partial charge in [0, 0.05) is 6.61 Å². The van der Waals surface area contributed by atoms with Crippen LogP contribution in [-0.4, -0.2) is 30.1 Å². The Morgan fingerprint density at radius 3 is 2.55 bits per heavy atom. The average Bonchev–Trinajstić information content (AvgIpc) is 3.41. The number of anilines is 1. The molecule has 0 saturated carbocycles. The van der Waals surface area contributed by atoms with E-state index >= 15 is 0 Å². The first-order chi connectivity index (χ1) is 14.9. The third-order valence-electron chi connectivity index (χ3n) is 6.00. The van der Waals surface area contributed by atoms with E-state index in [4.69, 9.17) is 9.72 Å². The summed E-state index contributed by atoms with van der Waals surface area (Å²) < 4.78 is 7.00. The number of carbonyl (C=O) groups excluding carboxylic acids is 1. The van der Waals surface area contributed by atoms with Crippen molar-refractivity contribution in [2.45, 2.75) is 64.9 Å². The van der Waals surface area contributed by atoms with Crippen LogP contribution in [0.5, 0.6) is 0 Å². The Labute approximate surface area is 189 Å². The SMILES string of the molecule is CC(C)c1ccc(CC(=O)N(CC2CCCO2)c2nc3c(C(C)C)cccc3s2)cc1. The van der Waals surface area contributed by atoms with Crippen LogP contribution in [0, 0.1) is 0 Å². The van der Waals surface area contributed by atoms with Crippen LogP contribution in [0.3, 0.4) is 0 Å². The highest BCUT2D eigenvalue weighted by molar-refractivity contribution is 7.22. The topological polar surface area (TPSA) is 42.4 Å². The van der Waals surface area contributed by atoms with Gasteiger partial charge in [0.25, 0.3) is 0 Å². The Morgan fingerprint density at radius 1 is 1.13 bits per heavy atom. The Morgan fingerprint density at radius 2 is 1.90 bits per heavy atom. The van der Waals surface area contributed by atoms with E-state index in [9.17, 15) is 4.79 Å². The van der Waals surface area contributed by atoms with E-state index in [0.717, 1.165) is 40.4 Å². The highest BCUT2D eigenvalue weighted by Crippen LogP contribution is 2.34. The molecule has 0 aliphatic carbocycles. The molecule has 164 valence electrons. The van der Waals surface area contributed by atoms with Crippen LogP contribution in [-0.2, 0) is 16.0 Å². The summed E-state index contributed by atoms with van der Waals surface area (Å²) in [5.74, 6) is 0.956. The first-order valence-electron chi connectivity index (χ1n) is 11.3. The predicted molar refractivity (Wildman–Crippen MR) is 129 cm³/mol. The third kappa shape index (κ3) is 4.99. The van der Waals surface area contributed by atoms with Gasteiger partial charge in [-0.3, -0.25) is 9.69 Å². The number of carbonyl (C=O) groups is 1. The quantitative estimate of drug-likeness (QED) is 0.437. The number of hydrogen-bond donors (Lipinski definition) is 0. The molecule has 0 spiro atoms. The van der Waals surface area contributed by atoms with Crippen LogP contribution in [0.15, 0.2) is 42.5 Å². The molecule has 4 nitrogen and oxygen atoms in total. The van der Waals surface area contributed by atoms with Gasteiger partial charge in [-0.15, -0.1) is 0 Å². The minimum atomic E-state index is 0.0814. The lowest BCUT2D eigenvalue weighted by Gasteiger charge is -2.23. The van der Waals surface area contributed by atoms with Crippen molar-refractivity contribution in [3.05, 3.63) is 59.2 Å². The minimum Gasteiger partial charge on any atom is -0.376 e. The minimum absolute atomic E-state index is 0.0814. The number of aromatic nitrogens is 1. The van der Waals surface area contributed by atoms with Crippen molar-refractivity contribution in [3.8, 4) is 0 Å². The van der Waals surface area contributed by atoms with Gasteiger partial charge < -0.3 is 4.74 Å². The monoisotopic (exact) mass is 436 g/mol. The predicted octanol–water partition coefficient (Wildman–Crippen LogP) is 6.30. The molecule has 0 N–H and O–H groups in total. The number of benzene rings is 2. The zero-order valence-corrected chi connectivity index (χ0v) is 19.7. The Balaban J connectivity index is 1.63. The maximum atomic E-state index is 13.5. The van der Waals surface area contributed by atoms with Gasteiger partial charge in [0.15, 0.2) is 5.13 Å². The summed E-state index contributed by atoms with van der Waals surface area (Å²) in [6.07, 6.45) is 2.51. The molecule has 1 aliphatic rings. The average molecular weight is 437 g/mol. The molecular formula is C26H32N2O2S. The van der Waals surface area contributed by atoms with E-state index in [2.05, 4.69) is 70.2 Å². The Kier molecular flexibility index (Phi) is 6.73. The van der Waals surface area contributed by atoms with Crippen molar-refractivity contribution in [1.82, 2.24) is 4.98 Å². The molecule has 1 saturated heterocycles. The highest BCUT2D eigenvalue weighted by atomic mass is 32.1. The Hall–Kier alpha value is -2.24. The number of fused-ring (bicyclic) bond motifs is 1. The molecule has 2 aromatic carbocycles. The molecule has 0 radical (unpaired) electrons. The molecule has 31 heavy (non-hydrogen) atoms. The number of thiazole rings is 1. The van der Waals surface area contributed by atoms with Gasteiger partial charge >= 0.3 is 0 Å². The van der Waals surface area contributed by atoms with E-state index < -0.39 is 0 Å². The molecule has 1 amide bonds. The lowest BCUT2D eigenvalue weighted by Crippen LogP contribution is -2.38. The van der Waals surface area contributed by atoms with E-state index in [-0.39, 0.29) is 12.0 Å². The second-order valence-electron chi connectivity index (χ2n) is 9.06. The summed E-state index contributed by atoms with van der Waals surface area (Å²) in [6.45, 7) is 10.1. The van der Waals surface area contributed by atoms with Gasteiger partial charge in [-0.05, 0) is 47.4 Å². The molecule has 5 heteroatoms. The number of rotatable bonds is 7. The van der Waals surface area contributed by atoms with Crippen molar-refractivity contribution in [1.29, 1.82) is 0 Å². The largest absolute Gasteiger partial charge is 0.376 e. The summed E-state index contributed by atoms with van der Waals surface area (Å²) in [6, 6.07) is 14.7. The van der Waals surface area contributed by atoms with E-state index in [1.165, 1.54) is 11.1 Å². The second-order valence-corrected chi connectivity index (χ2v) is 10.1. The van der Waals surface area contributed by atoms with Gasteiger partial charge in [0.2, 0.25) is 5.91 Å². The summed E-state index contributed by atoms with van der Waals surface area (Å²) in [5.41, 5.74) is 4.58. The van der Waals surface area contributed by atoms with Crippen LogP contribution in [0.2, 0.25) is 0 Å². The van der Waals surface area contributed by atoms with Gasteiger partial charge in [-0.25, -0.2) is 4.98 Å². The number of amides is 1. The van der Waals surface area contributed by atoms with Crippen LogP contribution in [0.25, 0.3) is 10.2 Å². The van der Waals surface area contributed by atoms with Gasteiger partial charge in [0.05, 0.1) is 29.3 Å². The van der Waals surface area contributed by atoms with Crippen LogP contribution in [0.4, 0.5) is 5.13 Å². The molecule has 0 bridgehead atoms. The van der Waals surface area contributed by atoms with Gasteiger partial charge in [-0.2, -0.15) is 0 Å². The summed E-state index contributed by atoms with van der Waals surface area (Å²) in [7, 11) is 0. The second kappa shape index (κ2) is 9.49. The molecule has 1 unspecified atom stereocenters. The van der Waals surface area contributed by atoms with Crippen molar-refractivity contribution in [2.75, 3.05) is 18.1 Å². The number of nitrogens with zero attached hydrogens (tertiary/aromatic N) is 2. The lowest BCUT2D eigenvalue weighted by atomic mass is 10.0. The third-order valence-corrected chi connectivity index (χ3v) is 7.05. The van der Waals surface area contributed by atoms with Gasteiger partial charge in [-0.1, -0.05) is 75.4 Å². The molecule has 4 rings (SSSR count). The molecule has 1 aliphatic heterocycles. The zero-order chi connectivity index (χ0) is 22.0. The molecule has 1 fully saturated rings. The van der Waals surface area contributed by atoms with Gasteiger partial charge in [0.1, 0.15) is 0 Å². The van der Waals surface area contributed by atoms with E-state index in [1.54, 1.807) is 11.3 Å². The fraction of sp³-hybridized carbons (Fsp3) is 0.462. The van der Waals surface area contributed by atoms with Crippen LogP contribution in [0.1, 0.15) is 69.1 Å². The van der Waals surface area contributed by atoms with Crippen molar-refractivity contribution in [2.24, 2.45) is 0 Å².